The normalized spacial score (nSPS) is 11.7. The van der Waals surface area contributed by atoms with Crippen LogP contribution in [0.2, 0.25) is 0 Å². The van der Waals surface area contributed by atoms with Gasteiger partial charge < -0.3 is 20.6 Å². The summed E-state index contributed by atoms with van der Waals surface area (Å²) in [6.07, 6.45) is 0.131. The zero-order chi connectivity index (χ0) is 18.4. The lowest BCUT2D eigenvalue weighted by molar-refractivity contribution is -0.136. The Labute approximate surface area is 151 Å². The van der Waals surface area contributed by atoms with Crippen molar-refractivity contribution >= 4 is 34.5 Å². The number of hydrogen-bond donors (Lipinski definition) is 3. The molecule has 1 aromatic carbocycles. The molecular weight excluding hydrogens is 338 g/mol. The molecule has 0 aliphatic rings. The van der Waals surface area contributed by atoms with Gasteiger partial charge in [-0.25, -0.2) is 0 Å². The van der Waals surface area contributed by atoms with Gasteiger partial charge >= 0.3 is 11.8 Å². The molecule has 1 heterocycles. The number of nitrogens with zero attached hydrogens (tertiary/aromatic N) is 1. The highest BCUT2D eigenvalue weighted by molar-refractivity contribution is 7.12. The van der Waals surface area contributed by atoms with Crippen LogP contribution in [0.15, 0.2) is 36.4 Å². The van der Waals surface area contributed by atoms with Gasteiger partial charge in [0, 0.05) is 41.8 Å². The van der Waals surface area contributed by atoms with Gasteiger partial charge in [-0.2, -0.15) is 0 Å². The Morgan fingerprint density at radius 2 is 1.80 bits per heavy atom. The van der Waals surface area contributed by atoms with Crippen LogP contribution in [0, 0.1) is 0 Å². The first-order valence-electron chi connectivity index (χ1n) is 8.00. The number of nitrogens with one attached hydrogen (secondary N) is 2. The largest absolute Gasteiger partial charge is 0.388 e. The molecule has 1 atom stereocenters. The van der Waals surface area contributed by atoms with E-state index < -0.39 is 17.9 Å². The van der Waals surface area contributed by atoms with Gasteiger partial charge in [0.15, 0.2) is 0 Å². The van der Waals surface area contributed by atoms with Crippen molar-refractivity contribution in [2.24, 2.45) is 0 Å². The van der Waals surface area contributed by atoms with Crippen molar-refractivity contribution in [2.75, 3.05) is 30.9 Å². The van der Waals surface area contributed by atoms with Gasteiger partial charge in [0.05, 0.1) is 6.10 Å². The highest BCUT2D eigenvalue weighted by Gasteiger charge is 2.13. The molecule has 0 bridgehead atoms. The SMILES string of the molecule is CC(O)c1ccc(CCNC(=O)C(=O)Nc2ccc(N(C)C)cc2)s1. The molecule has 2 amide bonds. The Morgan fingerprint density at radius 1 is 1.12 bits per heavy atom. The number of rotatable bonds is 6. The van der Waals surface area contributed by atoms with Gasteiger partial charge in [-0.15, -0.1) is 11.3 Å². The van der Waals surface area contributed by atoms with Crippen molar-refractivity contribution in [3.05, 3.63) is 46.2 Å². The lowest BCUT2D eigenvalue weighted by atomic mass is 10.2. The van der Waals surface area contributed by atoms with Crippen molar-refractivity contribution < 1.29 is 14.7 Å². The second-order valence-electron chi connectivity index (χ2n) is 5.88. The minimum absolute atomic E-state index is 0.367. The van der Waals surface area contributed by atoms with E-state index in [1.54, 1.807) is 19.1 Å². The Kier molecular flexibility index (Phi) is 6.55. The molecule has 2 rings (SSSR count). The lowest BCUT2D eigenvalue weighted by Gasteiger charge is -2.13. The number of carbonyl (C=O) groups excluding carboxylic acids is 2. The second-order valence-corrected chi connectivity index (χ2v) is 7.08. The maximum absolute atomic E-state index is 11.9. The predicted octanol–water partition coefficient (Wildman–Crippen LogP) is 2.16. The topological polar surface area (TPSA) is 81.7 Å². The van der Waals surface area contributed by atoms with Gasteiger partial charge in [0.25, 0.3) is 0 Å². The second kappa shape index (κ2) is 8.64. The van der Waals surface area contributed by atoms with Gasteiger partial charge in [-0.3, -0.25) is 9.59 Å². The van der Waals surface area contributed by atoms with Crippen LogP contribution in [0.5, 0.6) is 0 Å². The Morgan fingerprint density at radius 3 is 2.36 bits per heavy atom. The first kappa shape index (κ1) is 19.0. The highest BCUT2D eigenvalue weighted by atomic mass is 32.1. The predicted molar refractivity (Wildman–Crippen MR) is 101 cm³/mol. The number of thiophene rings is 1. The summed E-state index contributed by atoms with van der Waals surface area (Å²) < 4.78 is 0. The van der Waals surface area contributed by atoms with Crippen LogP contribution in [-0.4, -0.2) is 37.6 Å². The van der Waals surface area contributed by atoms with Crippen LogP contribution in [0.3, 0.4) is 0 Å². The van der Waals surface area contributed by atoms with E-state index in [4.69, 9.17) is 0 Å². The summed E-state index contributed by atoms with van der Waals surface area (Å²) in [6, 6.07) is 11.0. The fourth-order valence-electron chi connectivity index (χ4n) is 2.16. The number of aliphatic hydroxyl groups is 1. The Bertz CT molecular complexity index is 723. The quantitative estimate of drug-likeness (QED) is 0.689. The minimum Gasteiger partial charge on any atom is -0.388 e. The van der Waals surface area contributed by atoms with E-state index in [9.17, 15) is 14.7 Å². The van der Waals surface area contributed by atoms with E-state index in [0.717, 1.165) is 15.4 Å². The maximum atomic E-state index is 11.9. The summed E-state index contributed by atoms with van der Waals surface area (Å²) in [5.74, 6) is -1.35. The van der Waals surface area contributed by atoms with Crippen molar-refractivity contribution in [1.82, 2.24) is 5.32 Å². The summed E-state index contributed by atoms with van der Waals surface area (Å²) in [7, 11) is 3.86. The molecule has 1 unspecified atom stereocenters. The van der Waals surface area contributed by atoms with E-state index in [1.807, 2.05) is 43.3 Å². The standard InChI is InChI=1S/C18H23N3O3S/c1-12(22)16-9-8-15(25-16)10-11-19-17(23)18(24)20-13-4-6-14(7-5-13)21(2)3/h4-9,12,22H,10-11H2,1-3H3,(H,19,23)(H,20,24). The highest BCUT2D eigenvalue weighted by Crippen LogP contribution is 2.22. The van der Waals surface area contributed by atoms with Crippen molar-refractivity contribution in [3.8, 4) is 0 Å². The maximum Gasteiger partial charge on any atom is 0.313 e. The molecule has 25 heavy (non-hydrogen) atoms. The average molecular weight is 361 g/mol. The molecule has 0 saturated heterocycles. The van der Waals surface area contributed by atoms with E-state index >= 15 is 0 Å². The zero-order valence-electron chi connectivity index (χ0n) is 14.6. The Hall–Kier alpha value is -2.38. The molecule has 7 heteroatoms. The molecule has 0 saturated carbocycles. The third kappa shape index (κ3) is 5.58. The van der Waals surface area contributed by atoms with Gasteiger partial charge in [-0.05, 0) is 49.7 Å². The van der Waals surface area contributed by atoms with Crippen LogP contribution in [0.25, 0.3) is 0 Å². The third-order valence-corrected chi connectivity index (χ3v) is 4.91. The molecule has 134 valence electrons. The van der Waals surface area contributed by atoms with E-state index in [1.165, 1.54) is 11.3 Å². The summed E-state index contributed by atoms with van der Waals surface area (Å²) in [5.41, 5.74) is 1.58. The van der Waals surface area contributed by atoms with Crippen molar-refractivity contribution in [2.45, 2.75) is 19.4 Å². The molecule has 3 N–H and O–H groups in total. The summed E-state index contributed by atoms with van der Waals surface area (Å²) in [4.78, 5) is 27.7. The fourth-order valence-corrected chi connectivity index (χ4v) is 3.11. The zero-order valence-corrected chi connectivity index (χ0v) is 15.4. The molecule has 0 radical (unpaired) electrons. The summed E-state index contributed by atoms with van der Waals surface area (Å²) >= 11 is 1.50. The first-order valence-corrected chi connectivity index (χ1v) is 8.81. The third-order valence-electron chi connectivity index (χ3n) is 3.60. The van der Waals surface area contributed by atoms with Crippen molar-refractivity contribution in [1.29, 1.82) is 0 Å². The van der Waals surface area contributed by atoms with Crippen LogP contribution in [-0.2, 0) is 16.0 Å². The minimum atomic E-state index is -0.687. The van der Waals surface area contributed by atoms with E-state index in [2.05, 4.69) is 10.6 Å². The molecule has 0 aliphatic heterocycles. The summed E-state index contributed by atoms with van der Waals surface area (Å²) in [6.45, 7) is 2.08. The van der Waals surface area contributed by atoms with Crippen LogP contribution < -0.4 is 15.5 Å². The average Bonchev–Trinajstić information content (AvgIpc) is 3.04. The van der Waals surface area contributed by atoms with Gasteiger partial charge in [0.1, 0.15) is 0 Å². The molecule has 2 aromatic rings. The number of hydrogen-bond acceptors (Lipinski definition) is 5. The fraction of sp³-hybridized carbons (Fsp3) is 0.333. The lowest BCUT2D eigenvalue weighted by Crippen LogP contribution is -2.36. The van der Waals surface area contributed by atoms with E-state index in [0.29, 0.717) is 18.7 Å². The number of aliphatic hydroxyl groups excluding tert-OH is 1. The Balaban J connectivity index is 1.78. The van der Waals surface area contributed by atoms with Crippen LogP contribution in [0.4, 0.5) is 11.4 Å². The monoisotopic (exact) mass is 361 g/mol. The smallest absolute Gasteiger partial charge is 0.313 e. The first-order chi connectivity index (χ1) is 11.9. The van der Waals surface area contributed by atoms with Gasteiger partial charge in [0.2, 0.25) is 0 Å². The van der Waals surface area contributed by atoms with Crippen LogP contribution >= 0.6 is 11.3 Å². The number of anilines is 2. The molecule has 0 spiro atoms. The van der Waals surface area contributed by atoms with Crippen LogP contribution in [0.1, 0.15) is 22.8 Å². The molecule has 1 aromatic heterocycles. The summed E-state index contributed by atoms with van der Waals surface area (Å²) in [5, 5.41) is 14.7. The number of benzene rings is 1. The molecular formula is C18H23N3O3S. The molecule has 6 nitrogen and oxygen atoms in total. The van der Waals surface area contributed by atoms with Gasteiger partial charge in [-0.1, -0.05) is 0 Å². The van der Waals surface area contributed by atoms with Crippen molar-refractivity contribution in [3.63, 3.8) is 0 Å². The number of amides is 2. The van der Waals surface area contributed by atoms with E-state index in [-0.39, 0.29) is 0 Å². The molecule has 0 aliphatic carbocycles. The molecule has 0 fully saturated rings. The number of carbonyl (C=O) groups is 2.